The quantitative estimate of drug-likeness (QED) is 0.807. The Hall–Kier alpha value is -1.95. The van der Waals surface area contributed by atoms with Gasteiger partial charge < -0.3 is 10.5 Å². The fraction of sp³-hybridized carbons (Fsp3) is 0.417. The molecule has 0 saturated carbocycles. The molecule has 6 nitrogen and oxygen atoms in total. The van der Waals surface area contributed by atoms with Crippen LogP contribution in [-0.4, -0.2) is 32.9 Å². The Balaban J connectivity index is 2.15. The van der Waals surface area contributed by atoms with Gasteiger partial charge in [-0.3, -0.25) is 0 Å². The first kappa shape index (κ1) is 12.5. The highest BCUT2D eigenvalue weighted by Crippen LogP contribution is 2.22. The van der Waals surface area contributed by atoms with E-state index in [-0.39, 0.29) is 6.10 Å². The molecule has 0 amide bonds. The van der Waals surface area contributed by atoms with E-state index in [9.17, 15) is 0 Å². The van der Waals surface area contributed by atoms with Crippen LogP contribution >= 0.6 is 0 Å². The maximum absolute atomic E-state index is 5.92. The van der Waals surface area contributed by atoms with Gasteiger partial charge in [-0.2, -0.15) is 0 Å². The lowest BCUT2D eigenvalue weighted by atomic mass is 10.2. The van der Waals surface area contributed by atoms with E-state index >= 15 is 0 Å². The van der Waals surface area contributed by atoms with Gasteiger partial charge in [0.1, 0.15) is 0 Å². The van der Waals surface area contributed by atoms with Gasteiger partial charge in [-0.15, -0.1) is 5.10 Å². The minimum atomic E-state index is 0.201. The van der Waals surface area contributed by atoms with Crippen molar-refractivity contribution in [3.63, 3.8) is 0 Å². The topological polar surface area (TPSA) is 78.8 Å². The predicted molar refractivity (Wildman–Crippen MR) is 68.8 cm³/mol. The van der Waals surface area contributed by atoms with Crippen molar-refractivity contribution in [1.29, 1.82) is 0 Å². The lowest BCUT2D eigenvalue weighted by Gasteiger charge is -2.09. The molecule has 2 aromatic rings. The Morgan fingerprint density at radius 3 is 2.83 bits per heavy atom. The Bertz CT molecular complexity index is 509. The normalized spacial score (nSPS) is 11.1. The Kier molecular flexibility index (Phi) is 3.88. The van der Waals surface area contributed by atoms with E-state index in [1.165, 1.54) is 0 Å². The number of nitrogen functional groups attached to an aromatic ring is 1. The van der Waals surface area contributed by atoms with E-state index in [2.05, 4.69) is 15.5 Å². The first-order valence-electron chi connectivity index (χ1n) is 5.91. The molecule has 2 rings (SSSR count). The molecule has 2 N–H and O–H groups in total. The monoisotopic (exact) mass is 247 g/mol. The van der Waals surface area contributed by atoms with Gasteiger partial charge in [0.25, 0.3) is 0 Å². The molecule has 18 heavy (non-hydrogen) atoms. The molecule has 0 saturated heterocycles. The third kappa shape index (κ3) is 2.84. The molecular weight excluding hydrogens is 230 g/mol. The highest BCUT2D eigenvalue weighted by molar-refractivity contribution is 5.70. The van der Waals surface area contributed by atoms with Crippen LogP contribution in [0, 0.1) is 0 Å². The van der Waals surface area contributed by atoms with E-state index in [0.717, 1.165) is 5.56 Å². The van der Waals surface area contributed by atoms with Crippen LogP contribution < -0.4 is 5.73 Å². The van der Waals surface area contributed by atoms with Crippen LogP contribution in [0.5, 0.6) is 0 Å². The summed E-state index contributed by atoms with van der Waals surface area (Å²) in [4.78, 5) is 0. The summed E-state index contributed by atoms with van der Waals surface area (Å²) >= 11 is 0. The number of rotatable bonds is 5. The van der Waals surface area contributed by atoms with Gasteiger partial charge in [0.2, 0.25) is 0 Å². The van der Waals surface area contributed by atoms with Crippen molar-refractivity contribution >= 4 is 5.69 Å². The molecule has 6 heteroatoms. The zero-order valence-corrected chi connectivity index (χ0v) is 10.6. The molecule has 0 spiro atoms. The number of hydrogen-bond donors (Lipinski definition) is 1. The van der Waals surface area contributed by atoms with Gasteiger partial charge in [-0.25, -0.2) is 4.68 Å². The SMILES string of the molecule is CC(C)OCCn1nnnc1-c1ccccc1N. The fourth-order valence-electron chi connectivity index (χ4n) is 1.62. The average molecular weight is 247 g/mol. The van der Waals surface area contributed by atoms with Gasteiger partial charge in [-0.1, -0.05) is 12.1 Å². The van der Waals surface area contributed by atoms with Crippen molar-refractivity contribution < 1.29 is 4.74 Å². The van der Waals surface area contributed by atoms with Gasteiger partial charge >= 0.3 is 0 Å². The van der Waals surface area contributed by atoms with E-state index in [4.69, 9.17) is 10.5 Å². The van der Waals surface area contributed by atoms with Crippen LogP contribution in [0.15, 0.2) is 24.3 Å². The summed E-state index contributed by atoms with van der Waals surface area (Å²) in [5, 5.41) is 11.7. The molecule has 0 aliphatic heterocycles. The van der Waals surface area contributed by atoms with Crippen molar-refractivity contribution in [2.45, 2.75) is 26.5 Å². The van der Waals surface area contributed by atoms with Gasteiger partial charge in [-0.05, 0) is 36.4 Å². The number of nitrogens with two attached hydrogens (primary N) is 1. The number of nitrogens with zero attached hydrogens (tertiary/aromatic N) is 4. The van der Waals surface area contributed by atoms with Crippen molar-refractivity contribution in [2.24, 2.45) is 0 Å². The molecule has 0 unspecified atom stereocenters. The van der Waals surface area contributed by atoms with Crippen molar-refractivity contribution in [3.8, 4) is 11.4 Å². The van der Waals surface area contributed by atoms with Crippen LogP contribution in [0.4, 0.5) is 5.69 Å². The number of benzene rings is 1. The zero-order chi connectivity index (χ0) is 13.0. The zero-order valence-electron chi connectivity index (χ0n) is 10.6. The lowest BCUT2D eigenvalue weighted by Crippen LogP contribution is -2.12. The second kappa shape index (κ2) is 5.59. The minimum absolute atomic E-state index is 0.201. The standard InChI is InChI=1S/C12H17N5O/c1-9(2)18-8-7-17-12(14-15-16-17)10-5-3-4-6-11(10)13/h3-6,9H,7-8,13H2,1-2H3. The number of para-hydroxylation sites is 1. The first-order chi connectivity index (χ1) is 8.68. The van der Waals surface area contributed by atoms with E-state index < -0.39 is 0 Å². The average Bonchev–Trinajstić information content (AvgIpc) is 2.77. The molecule has 1 heterocycles. The number of anilines is 1. The molecule has 1 aromatic heterocycles. The largest absolute Gasteiger partial charge is 0.398 e. The van der Waals surface area contributed by atoms with E-state index in [0.29, 0.717) is 24.7 Å². The van der Waals surface area contributed by atoms with Crippen molar-refractivity contribution in [3.05, 3.63) is 24.3 Å². The summed E-state index contributed by atoms with van der Waals surface area (Å²) in [7, 11) is 0. The summed E-state index contributed by atoms with van der Waals surface area (Å²) in [5.41, 5.74) is 7.42. The Morgan fingerprint density at radius 2 is 2.11 bits per heavy atom. The van der Waals surface area contributed by atoms with Crippen LogP contribution in [0.1, 0.15) is 13.8 Å². The smallest absolute Gasteiger partial charge is 0.184 e. The number of tetrazole rings is 1. The molecule has 96 valence electrons. The molecule has 0 aliphatic rings. The molecule has 0 atom stereocenters. The van der Waals surface area contributed by atoms with Crippen LogP contribution in [0.3, 0.4) is 0 Å². The predicted octanol–water partition coefficient (Wildman–Crippen LogP) is 1.35. The Labute approximate surface area is 106 Å². The highest BCUT2D eigenvalue weighted by Gasteiger charge is 2.11. The second-order valence-electron chi connectivity index (χ2n) is 4.23. The van der Waals surface area contributed by atoms with Crippen molar-refractivity contribution in [2.75, 3.05) is 12.3 Å². The number of ether oxygens (including phenoxy) is 1. The van der Waals surface area contributed by atoms with Crippen LogP contribution in [-0.2, 0) is 11.3 Å². The lowest BCUT2D eigenvalue weighted by molar-refractivity contribution is 0.0709. The summed E-state index contributed by atoms with van der Waals surface area (Å²) in [6.07, 6.45) is 0.201. The molecule has 0 aliphatic carbocycles. The summed E-state index contributed by atoms with van der Waals surface area (Å²) in [5.74, 6) is 0.667. The van der Waals surface area contributed by atoms with Gasteiger partial charge in [0.15, 0.2) is 5.82 Å². The molecule has 0 bridgehead atoms. The third-order valence-electron chi connectivity index (χ3n) is 2.49. The minimum Gasteiger partial charge on any atom is -0.398 e. The molecule has 0 radical (unpaired) electrons. The second-order valence-corrected chi connectivity index (χ2v) is 4.23. The Morgan fingerprint density at radius 1 is 1.33 bits per heavy atom. The molecular formula is C12H17N5O. The fourth-order valence-corrected chi connectivity index (χ4v) is 1.62. The van der Waals surface area contributed by atoms with E-state index in [1.54, 1.807) is 4.68 Å². The van der Waals surface area contributed by atoms with Crippen LogP contribution in [0.2, 0.25) is 0 Å². The number of hydrogen-bond acceptors (Lipinski definition) is 5. The molecule has 0 fully saturated rings. The highest BCUT2D eigenvalue weighted by atomic mass is 16.5. The van der Waals surface area contributed by atoms with Gasteiger partial charge in [0.05, 0.1) is 19.3 Å². The first-order valence-corrected chi connectivity index (χ1v) is 5.91. The molecule has 1 aromatic carbocycles. The number of aromatic nitrogens is 4. The van der Waals surface area contributed by atoms with Crippen LogP contribution in [0.25, 0.3) is 11.4 Å². The maximum Gasteiger partial charge on any atom is 0.184 e. The van der Waals surface area contributed by atoms with E-state index in [1.807, 2.05) is 38.1 Å². The maximum atomic E-state index is 5.92. The van der Waals surface area contributed by atoms with Crippen molar-refractivity contribution in [1.82, 2.24) is 20.2 Å². The third-order valence-corrected chi connectivity index (χ3v) is 2.49. The summed E-state index contributed by atoms with van der Waals surface area (Å²) < 4.78 is 7.19. The summed E-state index contributed by atoms with van der Waals surface area (Å²) in [6.45, 7) is 5.17. The van der Waals surface area contributed by atoms with Gasteiger partial charge in [0, 0.05) is 11.3 Å². The summed E-state index contributed by atoms with van der Waals surface area (Å²) in [6, 6.07) is 7.53.